The molecule has 0 fully saturated rings. The number of methoxy groups -OCH3 is 1. The molecule has 0 aromatic carbocycles. The molecule has 62 valence electrons. The highest BCUT2D eigenvalue weighted by molar-refractivity contribution is 4.83. The Morgan fingerprint density at radius 3 is 3.09 bits per heavy atom. The Morgan fingerprint density at radius 1 is 1.64 bits per heavy atom. The summed E-state index contributed by atoms with van der Waals surface area (Å²) in [4.78, 5) is 4.02. The number of aromatic nitrogens is 2. The van der Waals surface area contributed by atoms with Crippen LogP contribution in [0.15, 0.2) is 4.52 Å². The molecular formula is C6H11N3O2. The standard InChI is InChI=1S/C6H11N3O2/c1-7-3-6-8-5(4-10-2)9-11-6/h7H,3-4H2,1-2H3. The molecule has 0 aliphatic rings. The van der Waals surface area contributed by atoms with Crippen LogP contribution >= 0.6 is 0 Å². The molecule has 1 aromatic heterocycles. The lowest BCUT2D eigenvalue weighted by molar-refractivity contribution is 0.174. The van der Waals surface area contributed by atoms with Gasteiger partial charge in [0.25, 0.3) is 0 Å². The van der Waals surface area contributed by atoms with Gasteiger partial charge in [-0.1, -0.05) is 5.16 Å². The highest BCUT2D eigenvalue weighted by atomic mass is 16.5. The van der Waals surface area contributed by atoms with Crippen molar-refractivity contribution >= 4 is 0 Å². The number of hydrogen-bond donors (Lipinski definition) is 1. The van der Waals surface area contributed by atoms with Gasteiger partial charge >= 0.3 is 0 Å². The van der Waals surface area contributed by atoms with Gasteiger partial charge in [-0.3, -0.25) is 0 Å². The first-order valence-electron chi connectivity index (χ1n) is 3.32. The van der Waals surface area contributed by atoms with Crippen LogP contribution in [0.1, 0.15) is 11.7 Å². The fourth-order valence-electron chi connectivity index (χ4n) is 0.701. The van der Waals surface area contributed by atoms with Crippen LogP contribution in [0.3, 0.4) is 0 Å². The highest BCUT2D eigenvalue weighted by Crippen LogP contribution is 1.96. The molecule has 1 rings (SSSR count). The van der Waals surface area contributed by atoms with Gasteiger partial charge in [0.05, 0.1) is 6.54 Å². The molecule has 1 heterocycles. The monoisotopic (exact) mass is 157 g/mol. The summed E-state index contributed by atoms with van der Waals surface area (Å²) in [6, 6.07) is 0. The van der Waals surface area contributed by atoms with Gasteiger partial charge in [0.1, 0.15) is 6.61 Å². The van der Waals surface area contributed by atoms with Gasteiger partial charge in [-0.25, -0.2) is 0 Å². The van der Waals surface area contributed by atoms with E-state index in [1.165, 1.54) is 0 Å². The molecule has 0 bridgehead atoms. The lowest BCUT2D eigenvalue weighted by Crippen LogP contribution is -2.05. The van der Waals surface area contributed by atoms with E-state index in [2.05, 4.69) is 15.5 Å². The van der Waals surface area contributed by atoms with Gasteiger partial charge in [-0.2, -0.15) is 4.98 Å². The average molecular weight is 157 g/mol. The predicted octanol–water partition coefficient (Wildman–Crippen LogP) is -0.0646. The van der Waals surface area contributed by atoms with Gasteiger partial charge in [-0.05, 0) is 7.05 Å². The quantitative estimate of drug-likeness (QED) is 0.663. The molecule has 5 heteroatoms. The third-order valence-corrected chi connectivity index (χ3v) is 1.11. The Kier molecular flexibility index (Phi) is 3.00. The van der Waals surface area contributed by atoms with Crippen molar-refractivity contribution in [2.75, 3.05) is 14.2 Å². The maximum absolute atomic E-state index is 4.85. The smallest absolute Gasteiger partial charge is 0.240 e. The van der Waals surface area contributed by atoms with Crippen molar-refractivity contribution in [1.29, 1.82) is 0 Å². The van der Waals surface area contributed by atoms with Crippen molar-refractivity contribution < 1.29 is 9.26 Å². The molecule has 0 aliphatic carbocycles. The molecule has 11 heavy (non-hydrogen) atoms. The summed E-state index contributed by atoms with van der Waals surface area (Å²) in [5.74, 6) is 1.16. The molecule has 0 spiro atoms. The van der Waals surface area contributed by atoms with E-state index in [9.17, 15) is 0 Å². The second-order valence-corrected chi connectivity index (χ2v) is 2.07. The van der Waals surface area contributed by atoms with Crippen molar-refractivity contribution in [3.8, 4) is 0 Å². The van der Waals surface area contributed by atoms with E-state index in [0.29, 0.717) is 24.9 Å². The van der Waals surface area contributed by atoms with E-state index < -0.39 is 0 Å². The van der Waals surface area contributed by atoms with Crippen molar-refractivity contribution in [3.05, 3.63) is 11.7 Å². The van der Waals surface area contributed by atoms with Crippen LogP contribution in [-0.2, 0) is 17.9 Å². The molecule has 1 N–H and O–H groups in total. The SMILES string of the molecule is CNCc1nc(COC)no1. The maximum Gasteiger partial charge on any atom is 0.240 e. The first-order valence-corrected chi connectivity index (χ1v) is 3.32. The van der Waals surface area contributed by atoms with Gasteiger partial charge in [0.2, 0.25) is 5.89 Å². The van der Waals surface area contributed by atoms with Gasteiger partial charge in [0, 0.05) is 7.11 Å². The number of nitrogens with zero attached hydrogens (tertiary/aromatic N) is 2. The minimum atomic E-state index is 0.396. The van der Waals surface area contributed by atoms with Crippen LogP contribution in [0.4, 0.5) is 0 Å². The van der Waals surface area contributed by atoms with Crippen LogP contribution in [0.25, 0.3) is 0 Å². The van der Waals surface area contributed by atoms with Gasteiger partial charge in [0.15, 0.2) is 5.82 Å². The fourth-order valence-corrected chi connectivity index (χ4v) is 0.701. The second-order valence-electron chi connectivity index (χ2n) is 2.07. The molecule has 0 saturated carbocycles. The molecule has 0 saturated heterocycles. The number of rotatable bonds is 4. The number of nitrogens with one attached hydrogen (secondary N) is 1. The van der Waals surface area contributed by atoms with Crippen molar-refractivity contribution in [2.45, 2.75) is 13.2 Å². The first-order chi connectivity index (χ1) is 5.36. The highest BCUT2D eigenvalue weighted by Gasteiger charge is 2.02. The molecule has 5 nitrogen and oxygen atoms in total. The van der Waals surface area contributed by atoms with E-state index in [-0.39, 0.29) is 0 Å². The Bertz CT molecular complexity index is 191. The summed E-state index contributed by atoms with van der Waals surface area (Å²) in [6.45, 7) is 0.990. The summed E-state index contributed by atoms with van der Waals surface area (Å²) in [7, 11) is 3.41. The third kappa shape index (κ3) is 2.28. The van der Waals surface area contributed by atoms with Crippen LogP contribution in [0, 0.1) is 0 Å². The summed E-state index contributed by atoms with van der Waals surface area (Å²) >= 11 is 0. The normalized spacial score (nSPS) is 10.4. The van der Waals surface area contributed by atoms with Crippen LogP contribution in [0.5, 0.6) is 0 Å². The maximum atomic E-state index is 4.85. The zero-order chi connectivity index (χ0) is 8.10. The Labute approximate surface area is 64.7 Å². The zero-order valence-electron chi connectivity index (χ0n) is 6.63. The van der Waals surface area contributed by atoms with Crippen molar-refractivity contribution in [2.24, 2.45) is 0 Å². The number of hydrogen-bond acceptors (Lipinski definition) is 5. The lowest BCUT2D eigenvalue weighted by Gasteiger charge is -1.87. The minimum absolute atomic E-state index is 0.396. The van der Waals surface area contributed by atoms with E-state index in [4.69, 9.17) is 9.26 Å². The van der Waals surface area contributed by atoms with Crippen molar-refractivity contribution in [1.82, 2.24) is 15.5 Å². The lowest BCUT2D eigenvalue weighted by atomic mass is 10.6. The summed E-state index contributed by atoms with van der Waals surface area (Å²) in [5, 5.41) is 6.58. The summed E-state index contributed by atoms with van der Waals surface area (Å²) < 4.78 is 9.67. The van der Waals surface area contributed by atoms with E-state index in [1.54, 1.807) is 7.11 Å². The van der Waals surface area contributed by atoms with Crippen molar-refractivity contribution in [3.63, 3.8) is 0 Å². The molecule has 1 aromatic rings. The summed E-state index contributed by atoms with van der Waals surface area (Å²) in [6.07, 6.45) is 0. The average Bonchev–Trinajstić information content (AvgIpc) is 2.38. The Morgan fingerprint density at radius 2 is 2.45 bits per heavy atom. The molecular weight excluding hydrogens is 146 g/mol. The molecule has 0 atom stereocenters. The molecule has 0 unspecified atom stereocenters. The molecule has 0 amide bonds. The van der Waals surface area contributed by atoms with Gasteiger partial charge in [-0.15, -0.1) is 0 Å². The fraction of sp³-hybridized carbons (Fsp3) is 0.667. The Balaban J connectivity index is 2.51. The predicted molar refractivity (Wildman–Crippen MR) is 37.8 cm³/mol. The molecule has 0 aliphatic heterocycles. The topological polar surface area (TPSA) is 60.2 Å². The van der Waals surface area contributed by atoms with Gasteiger partial charge < -0.3 is 14.6 Å². The Hall–Kier alpha value is -0.940. The minimum Gasteiger partial charge on any atom is -0.377 e. The molecule has 0 radical (unpaired) electrons. The number of ether oxygens (including phenoxy) is 1. The van der Waals surface area contributed by atoms with E-state index >= 15 is 0 Å². The summed E-state index contributed by atoms with van der Waals surface area (Å²) in [5.41, 5.74) is 0. The van der Waals surface area contributed by atoms with E-state index in [0.717, 1.165) is 0 Å². The largest absolute Gasteiger partial charge is 0.377 e. The first kappa shape index (κ1) is 8.16. The second kappa shape index (κ2) is 4.05. The van der Waals surface area contributed by atoms with Crippen LogP contribution < -0.4 is 5.32 Å². The zero-order valence-corrected chi connectivity index (χ0v) is 6.63. The van der Waals surface area contributed by atoms with Crippen LogP contribution in [-0.4, -0.2) is 24.3 Å². The van der Waals surface area contributed by atoms with E-state index in [1.807, 2.05) is 7.05 Å². The third-order valence-electron chi connectivity index (χ3n) is 1.11. The van der Waals surface area contributed by atoms with Crippen LogP contribution in [0.2, 0.25) is 0 Å².